The van der Waals surface area contributed by atoms with Gasteiger partial charge >= 0.3 is 0 Å². The lowest BCUT2D eigenvalue weighted by molar-refractivity contribution is 0.0540. The van der Waals surface area contributed by atoms with E-state index in [-0.39, 0.29) is 0 Å². The fourth-order valence-electron chi connectivity index (χ4n) is 5.09. The molecule has 1 heteroatoms. The highest BCUT2D eigenvalue weighted by atomic mass is 15.0. The van der Waals surface area contributed by atoms with Gasteiger partial charge in [0.25, 0.3) is 0 Å². The van der Waals surface area contributed by atoms with Gasteiger partial charge in [-0.3, -0.25) is 0 Å². The number of allylic oxidation sites excluding steroid dienone is 3. The number of hydrogen-bond acceptors (Lipinski definition) is 1. The van der Waals surface area contributed by atoms with Crippen molar-refractivity contribution in [1.82, 2.24) is 5.32 Å². The van der Waals surface area contributed by atoms with Gasteiger partial charge < -0.3 is 5.32 Å². The third-order valence-corrected chi connectivity index (χ3v) is 6.89. The summed E-state index contributed by atoms with van der Waals surface area (Å²) in [5, 5.41) is 4.16. The zero-order valence-electron chi connectivity index (χ0n) is 16.2. The summed E-state index contributed by atoms with van der Waals surface area (Å²) >= 11 is 0. The molecule has 1 saturated carbocycles. The number of rotatable bonds is 7. The summed E-state index contributed by atoms with van der Waals surface area (Å²) in [7, 11) is 0. The first-order valence-corrected chi connectivity index (χ1v) is 10.2. The molecule has 1 nitrogen and oxygen atoms in total. The first kappa shape index (κ1) is 18.8. The zero-order valence-corrected chi connectivity index (χ0v) is 16.2. The normalized spacial score (nSPS) is 35.9. The van der Waals surface area contributed by atoms with Crippen LogP contribution in [0.25, 0.3) is 0 Å². The van der Waals surface area contributed by atoms with Crippen LogP contribution in [0.1, 0.15) is 86.0 Å². The molecular weight excluding hydrogens is 278 g/mol. The molecule has 2 aliphatic rings. The van der Waals surface area contributed by atoms with Crippen molar-refractivity contribution in [1.29, 1.82) is 0 Å². The lowest BCUT2D eigenvalue weighted by Crippen LogP contribution is -2.54. The van der Waals surface area contributed by atoms with Gasteiger partial charge in [0.05, 0.1) is 0 Å². The second-order valence-corrected chi connectivity index (χ2v) is 8.19. The molecule has 0 saturated heterocycles. The maximum Gasteiger partial charge on any atom is 0.0287 e. The van der Waals surface area contributed by atoms with Crippen molar-refractivity contribution >= 4 is 0 Å². The minimum absolute atomic E-state index is 0.466. The van der Waals surface area contributed by atoms with Crippen LogP contribution in [-0.4, -0.2) is 12.1 Å². The third-order valence-electron chi connectivity index (χ3n) is 6.89. The summed E-state index contributed by atoms with van der Waals surface area (Å²) < 4.78 is 0. The molecule has 4 unspecified atom stereocenters. The van der Waals surface area contributed by atoms with E-state index in [4.69, 9.17) is 0 Å². The van der Waals surface area contributed by atoms with Crippen molar-refractivity contribution in [3.8, 4) is 0 Å². The summed E-state index contributed by atoms with van der Waals surface area (Å²) in [6.07, 6.45) is 17.6. The Morgan fingerprint density at radius 2 is 2.04 bits per heavy atom. The predicted octanol–water partition coefficient (Wildman–Crippen LogP) is 6.26. The van der Waals surface area contributed by atoms with Gasteiger partial charge in [0.1, 0.15) is 0 Å². The quantitative estimate of drug-likeness (QED) is 0.584. The summed E-state index contributed by atoms with van der Waals surface area (Å²) in [6, 6.07) is 1.26. The highest BCUT2D eigenvalue weighted by Gasteiger charge is 2.42. The predicted molar refractivity (Wildman–Crippen MR) is 103 cm³/mol. The SMILES string of the molecule is CCCC(NC1CCC[C@@H](CC)C1(C)CC)C1=CC=CCC1C. The smallest absolute Gasteiger partial charge is 0.0287 e. The molecule has 5 atom stereocenters. The van der Waals surface area contributed by atoms with Gasteiger partial charge in [0, 0.05) is 12.1 Å². The Balaban J connectivity index is 2.17. The Morgan fingerprint density at radius 3 is 2.65 bits per heavy atom. The van der Waals surface area contributed by atoms with Crippen LogP contribution in [0.4, 0.5) is 0 Å². The number of nitrogens with one attached hydrogen (secondary N) is 1. The molecule has 2 rings (SSSR count). The van der Waals surface area contributed by atoms with Gasteiger partial charge in [0.2, 0.25) is 0 Å². The summed E-state index contributed by atoms with van der Waals surface area (Å²) in [4.78, 5) is 0. The number of hydrogen-bond donors (Lipinski definition) is 1. The molecule has 0 amide bonds. The largest absolute Gasteiger partial charge is 0.307 e. The second kappa shape index (κ2) is 8.51. The Hall–Kier alpha value is -0.560. The van der Waals surface area contributed by atoms with Crippen molar-refractivity contribution in [3.05, 3.63) is 23.8 Å². The minimum Gasteiger partial charge on any atom is -0.307 e. The molecule has 23 heavy (non-hydrogen) atoms. The van der Waals surface area contributed by atoms with E-state index in [1.54, 1.807) is 5.57 Å². The molecule has 1 fully saturated rings. The molecule has 0 radical (unpaired) electrons. The average molecular weight is 318 g/mol. The van der Waals surface area contributed by atoms with Crippen LogP contribution in [0.15, 0.2) is 23.8 Å². The van der Waals surface area contributed by atoms with Crippen LogP contribution in [-0.2, 0) is 0 Å². The van der Waals surface area contributed by atoms with Gasteiger partial charge in [-0.05, 0) is 49.4 Å². The minimum atomic E-state index is 0.466. The highest BCUT2D eigenvalue weighted by molar-refractivity contribution is 5.25. The molecular formula is C22H39N. The first-order valence-electron chi connectivity index (χ1n) is 10.2. The summed E-state index contributed by atoms with van der Waals surface area (Å²) in [5.41, 5.74) is 2.11. The molecule has 0 spiro atoms. The molecule has 132 valence electrons. The molecule has 1 N–H and O–H groups in total. The van der Waals surface area contributed by atoms with Gasteiger partial charge in [-0.15, -0.1) is 0 Å². The summed E-state index contributed by atoms with van der Waals surface area (Å²) in [6.45, 7) is 12.1. The monoisotopic (exact) mass is 317 g/mol. The van der Waals surface area contributed by atoms with Crippen LogP contribution < -0.4 is 5.32 Å². The maximum atomic E-state index is 4.16. The van der Waals surface area contributed by atoms with Crippen molar-refractivity contribution in [2.45, 2.75) is 98.1 Å². The van der Waals surface area contributed by atoms with Crippen LogP contribution in [0.2, 0.25) is 0 Å². The van der Waals surface area contributed by atoms with E-state index in [9.17, 15) is 0 Å². The Morgan fingerprint density at radius 1 is 1.26 bits per heavy atom. The Labute approximate surface area is 145 Å². The lowest BCUT2D eigenvalue weighted by atomic mass is 9.62. The van der Waals surface area contributed by atoms with Crippen LogP contribution >= 0.6 is 0 Å². The van der Waals surface area contributed by atoms with Crippen molar-refractivity contribution in [2.75, 3.05) is 0 Å². The van der Waals surface area contributed by atoms with Gasteiger partial charge in [0.15, 0.2) is 0 Å². The molecule has 0 bridgehead atoms. The van der Waals surface area contributed by atoms with Gasteiger partial charge in [-0.2, -0.15) is 0 Å². The molecule has 0 heterocycles. The topological polar surface area (TPSA) is 12.0 Å². The van der Waals surface area contributed by atoms with E-state index in [1.807, 2.05) is 0 Å². The molecule has 0 aromatic heterocycles. The Kier molecular flexibility index (Phi) is 6.95. The zero-order chi connectivity index (χ0) is 16.9. The van der Waals surface area contributed by atoms with Crippen molar-refractivity contribution in [3.63, 3.8) is 0 Å². The van der Waals surface area contributed by atoms with E-state index in [0.717, 1.165) is 5.92 Å². The van der Waals surface area contributed by atoms with Crippen molar-refractivity contribution in [2.24, 2.45) is 17.3 Å². The average Bonchev–Trinajstić information content (AvgIpc) is 2.56. The van der Waals surface area contributed by atoms with Crippen molar-refractivity contribution < 1.29 is 0 Å². The lowest BCUT2D eigenvalue weighted by Gasteiger charge is -2.49. The van der Waals surface area contributed by atoms with E-state index in [2.05, 4.69) is 58.2 Å². The third kappa shape index (κ3) is 4.10. The fourth-order valence-corrected chi connectivity index (χ4v) is 5.09. The maximum absolute atomic E-state index is 4.16. The highest BCUT2D eigenvalue weighted by Crippen LogP contribution is 2.46. The standard InChI is InChI=1S/C22H39N/c1-6-12-20(19-15-10-9-13-17(19)4)23-21-16-11-14-18(7-2)22(21,5)8-3/h9-10,15,17-18,20-21,23H,6-8,11-14,16H2,1-5H3/t17?,18-,20?,21?,22?/m1/s1. The van der Waals surface area contributed by atoms with E-state index < -0.39 is 0 Å². The van der Waals surface area contributed by atoms with Gasteiger partial charge in [-0.25, -0.2) is 0 Å². The van der Waals surface area contributed by atoms with E-state index >= 15 is 0 Å². The molecule has 2 aliphatic carbocycles. The second-order valence-electron chi connectivity index (χ2n) is 8.19. The molecule has 0 aromatic carbocycles. The molecule has 0 aliphatic heterocycles. The summed E-state index contributed by atoms with van der Waals surface area (Å²) in [5.74, 6) is 1.58. The van der Waals surface area contributed by atoms with E-state index in [1.165, 1.54) is 51.4 Å². The fraction of sp³-hybridized carbons (Fsp3) is 0.818. The molecule has 0 aromatic rings. The van der Waals surface area contributed by atoms with Crippen LogP contribution in [0, 0.1) is 17.3 Å². The van der Waals surface area contributed by atoms with E-state index in [0.29, 0.717) is 23.4 Å². The van der Waals surface area contributed by atoms with Crippen LogP contribution in [0.3, 0.4) is 0 Å². The van der Waals surface area contributed by atoms with Crippen LogP contribution in [0.5, 0.6) is 0 Å². The Bertz CT molecular complexity index is 422. The van der Waals surface area contributed by atoms with Gasteiger partial charge in [-0.1, -0.05) is 77.7 Å². The first-order chi connectivity index (χ1) is 11.1.